The first kappa shape index (κ1) is 17.8. The average molecular weight is 446 g/mol. The smallest absolute Gasteiger partial charge is 0.258 e. The van der Waals surface area contributed by atoms with Crippen LogP contribution in [0, 0.1) is 0 Å². The molecule has 0 bridgehead atoms. The monoisotopic (exact) mass is 444 g/mol. The van der Waals surface area contributed by atoms with E-state index < -0.39 is 0 Å². The third-order valence-corrected chi connectivity index (χ3v) is 4.59. The quantitative estimate of drug-likeness (QED) is 0.429. The number of rotatable bonds is 5. The van der Waals surface area contributed by atoms with E-state index in [0.717, 1.165) is 15.6 Å². The Bertz CT molecular complexity index is 1090. The predicted octanol–water partition coefficient (Wildman–Crippen LogP) is 5.07. The standard InChI is InChI=1S/C19H14BrClN4O2/c1-26-17-6-5-15(21)8-16(17)18-23-19(27-24-18)13-4-2-3-12(7-13)10-25-11-14(20)9-22-25/h2-9,11H,10H2,1H3. The Labute approximate surface area is 168 Å². The molecular weight excluding hydrogens is 432 g/mol. The molecule has 4 aromatic rings. The van der Waals surface area contributed by atoms with E-state index in [1.54, 1.807) is 31.5 Å². The lowest BCUT2D eigenvalue weighted by atomic mass is 10.1. The summed E-state index contributed by atoms with van der Waals surface area (Å²) in [6.45, 7) is 0.641. The normalized spacial score (nSPS) is 10.9. The molecule has 2 heterocycles. The average Bonchev–Trinajstić information content (AvgIpc) is 3.31. The van der Waals surface area contributed by atoms with Crippen molar-refractivity contribution in [2.24, 2.45) is 0 Å². The van der Waals surface area contributed by atoms with Crippen LogP contribution < -0.4 is 4.74 Å². The lowest BCUT2D eigenvalue weighted by Crippen LogP contribution is -1.99. The van der Waals surface area contributed by atoms with Gasteiger partial charge in [-0.3, -0.25) is 4.68 Å². The molecule has 0 radical (unpaired) electrons. The third kappa shape index (κ3) is 3.89. The van der Waals surface area contributed by atoms with Crippen LogP contribution in [-0.4, -0.2) is 27.0 Å². The van der Waals surface area contributed by atoms with Crippen molar-refractivity contribution in [2.75, 3.05) is 7.11 Å². The second-order valence-corrected chi connectivity index (χ2v) is 7.18. The largest absolute Gasteiger partial charge is 0.496 e. The Hall–Kier alpha value is -2.64. The van der Waals surface area contributed by atoms with Crippen LogP contribution in [0.3, 0.4) is 0 Å². The van der Waals surface area contributed by atoms with Gasteiger partial charge in [-0.05, 0) is 51.8 Å². The Morgan fingerprint density at radius 1 is 1.22 bits per heavy atom. The van der Waals surface area contributed by atoms with Crippen molar-refractivity contribution in [1.82, 2.24) is 19.9 Å². The van der Waals surface area contributed by atoms with E-state index in [2.05, 4.69) is 31.2 Å². The minimum absolute atomic E-state index is 0.422. The number of nitrogens with zero attached hydrogens (tertiary/aromatic N) is 4. The molecule has 0 spiro atoms. The first-order valence-corrected chi connectivity index (χ1v) is 9.24. The Kier molecular flexibility index (Phi) is 4.96. The van der Waals surface area contributed by atoms with Gasteiger partial charge in [0.15, 0.2) is 0 Å². The summed E-state index contributed by atoms with van der Waals surface area (Å²) in [6.07, 6.45) is 3.68. The molecule has 0 aliphatic heterocycles. The molecule has 2 aromatic carbocycles. The van der Waals surface area contributed by atoms with Gasteiger partial charge in [-0.1, -0.05) is 28.9 Å². The molecule has 0 atom stereocenters. The van der Waals surface area contributed by atoms with Crippen molar-refractivity contribution in [3.05, 3.63) is 69.9 Å². The van der Waals surface area contributed by atoms with Crippen molar-refractivity contribution in [2.45, 2.75) is 6.54 Å². The number of aromatic nitrogens is 4. The molecule has 0 fully saturated rings. The first-order valence-electron chi connectivity index (χ1n) is 8.07. The fourth-order valence-corrected chi connectivity index (χ4v) is 3.22. The summed E-state index contributed by atoms with van der Waals surface area (Å²) in [5.41, 5.74) is 2.58. The molecule has 27 heavy (non-hydrogen) atoms. The zero-order chi connectivity index (χ0) is 18.8. The van der Waals surface area contributed by atoms with Crippen LogP contribution in [0.25, 0.3) is 22.8 Å². The molecule has 0 aliphatic rings. The maximum atomic E-state index is 6.09. The van der Waals surface area contributed by atoms with Crippen LogP contribution in [0.5, 0.6) is 5.75 Å². The fourth-order valence-electron chi connectivity index (χ4n) is 2.72. The number of benzene rings is 2. The topological polar surface area (TPSA) is 66.0 Å². The molecule has 0 saturated heterocycles. The second-order valence-electron chi connectivity index (χ2n) is 5.82. The van der Waals surface area contributed by atoms with Crippen molar-refractivity contribution in [3.8, 4) is 28.6 Å². The van der Waals surface area contributed by atoms with Gasteiger partial charge >= 0.3 is 0 Å². The van der Waals surface area contributed by atoms with Crippen molar-refractivity contribution in [1.29, 1.82) is 0 Å². The van der Waals surface area contributed by atoms with Crippen LogP contribution in [0.2, 0.25) is 5.02 Å². The lowest BCUT2D eigenvalue weighted by Gasteiger charge is -2.04. The van der Waals surface area contributed by atoms with E-state index in [-0.39, 0.29) is 0 Å². The predicted molar refractivity (Wildman–Crippen MR) is 106 cm³/mol. The fraction of sp³-hybridized carbons (Fsp3) is 0.105. The van der Waals surface area contributed by atoms with Gasteiger partial charge in [0.2, 0.25) is 5.82 Å². The van der Waals surface area contributed by atoms with Crippen LogP contribution in [0.15, 0.2) is 63.9 Å². The summed E-state index contributed by atoms with van der Waals surface area (Å²) in [7, 11) is 1.59. The molecule has 0 unspecified atom stereocenters. The Morgan fingerprint density at radius 2 is 2.11 bits per heavy atom. The highest BCUT2D eigenvalue weighted by atomic mass is 79.9. The molecule has 8 heteroatoms. The van der Waals surface area contributed by atoms with Gasteiger partial charge in [-0.2, -0.15) is 10.1 Å². The molecule has 136 valence electrons. The van der Waals surface area contributed by atoms with E-state index in [1.807, 2.05) is 35.1 Å². The Morgan fingerprint density at radius 3 is 2.89 bits per heavy atom. The number of methoxy groups -OCH3 is 1. The van der Waals surface area contributed by atoms with E-state index in [4.69, 9.17) is 20.9 Å². The number of ether oxygens (including phenoxy) is 1. The maximum absolute atomic E-state index is 6.09. The van der Waals surface area contributed by atoms with Gasteiger partial charge in [0.05, 0.1) is 29.9 Å². The zero-order valence-corrected chi connectivity index (χ0v) is 16.6. The number of hydrogen-bond acceptors (Lipinski definition) is 5. The molecule has 0 saturated carbocycles. The summed E-state index contributed by atoms with van der Waals surface area (Å²) in [4.78, 5) is 4.51. The van der Waals surface area contributed by atoms with E-state index in [0.29, 0.717) is 34.6 Å². The second kappa shape index (κ2) is 7.54. The van der Waals surface area contributed by atoms with Gasteiger partial charge < -0.3 is 9.26 Å². The number of hydrogen-bond donors (Lipinski definition) is 0. The van der Waals surface area contributed by atoms with E-state index >= 15 is 0 Å². The summed E-state index contributed by atoms with van der Waals surface area (Å²) in [5, 5.41) is 8.93. The van der Waals surface area contributed by atoms with E-state index in [9.17, 15) is 0 Å². The van der Waals surface area contributed by atoms with Crippen molar-refractivity contribution >= 4 is 27.5 Å². The van der Waals surface area contributed by atoms with Crippen LogP contribution in [-0.2, 0) is 6.54 Å². The summed E-state index contributed by atoms with van der Waals surface area (Å²) in [6, 6.07) is 13.2. The number of halogens is 2. The van der Waals surface area contributed by atoms with Gasteiger partial charge in [-0.25, -0.2) is 0 Å². The van der Waals surface area contributed by atoms with Crippen LogP contribution in [0.4, 0.5) is 0 Å². The van der Waals surface area contributed by atoms with Gasteiger partial charge in [0.25, 0.3) is 5.89 Å². The molecular formula is C19H14BrClN4O2. The van der Waals surface area contributed by atoms with Crippen LogP contribution >= 0.6 is 27.5 Å². The van der Waals surface area contributed by atoms with Gasteiger partial charge in [0, 0.05) is 16.8 Å². The highest BCUT2D eigenvalue weighted by molar-refractivity contribution is 9.10. The van der Waals surface area contributed by atoms with E-state index in [1.165, 1.54) is 0 Å². The van der Waals surface area contributed by atoms with Crippen LogP contribution in [0.1, 0.15) is 5.56 Å². The molecule has 0 N–H and O–H groups in total. The Balaban J connectivity index is 1.64. The zero-order valence-electron chi connectivity index (χ0n) is 14.3. The minimum atomic E-state index is 0.422. The third-order valence-electron chi connectivity index (χ3n) is 3.95. The maximum Gasteiger partial charge on any atom is 0.258 e. The highest BCUT2D eigenvalue weighted by Gasteiger charge is 2.15. The molecule has 0 aliphatic carbocycles. The molecule has 4 rings (SSSR count). The van der Waals surface area contributed by atoms with Crippen molar-refractivity contribution < 1.29 is 9.26 Å². The summed E-state index contributed by atoms with van der Waals surface area (Å²) in [5.74, 6) is 1.48. The first-order chi connectivity index (χ1) is 13.1. The summed E-state index contributed by atoms with van der Waals surface area (Å²) < 4.78 is 13.6. The summed E-state index contributed by atoms with van der Waals surface area (Å²) >= 11 is 9.50. The lowest BCUT2D eigenvalue weighted by molar-refractivity contribution is 0.413. The highest BCUT2D eigenvalue weighted by Crippen LogP contribution is 2.32. The van der Waals surface area contributed by atoms with Gasteiger partial charge in [0.1, 0.15) is 5.75 Å². The SMILES string of the molecule is COc1ccc(Cl)cc1-c1noc(-c2cccc(Cn3cc(Br)cn3)c2)n1. The molecule has 2 aromatic heterocycles. The van der Waals surface area contributed by atoms with Crippen molar-refractivity contribution in [3.63, 3.8) is 0 Å². The van der Waals surface area contributed by atoms with Gasteiger partial charge in [-0.15, -0.1) is 0 Å². The minimum Gasteiger partial charge on any atom is -0.496 e. The molecule has 6 nitrogen and oxygen atoms in total. The molecule has 0 amide bonds.